The summed E-state index contributed by atoms with van der Waals surface area (Å²) >= 11 is 0. The maximum atomic E-state index is 4.42. The number of hydrogen-bond donors (Lipinski definition) is 1. The Morgan fingerprint density at radius 2 is 1.76 bits per heavy atom. The predicted molar refractivity (Wildman–Crippen MR) is 82.9 cm³/mol. The summed E-state index contributed by atoms with van der Waals surface area (Å²) in [5.74, 6) is 0. The smallest absolute Gasteiger partial charge is 0.141 e. The summed E-state index contributed by atoms with van der Waals surface area (Å²) in [7, 11) is 0. The predicted octanol–water partition coefficient (Wildman–Crippen LogP) is 3.47. The number of nitrogens with one attached hydrogen (secondary N) is 1. The van der Waals surface area contributed by atoms with Crippen molar-refractivity contribution in [3.8, 4) is 11.3 Å². The van der Waals surface area contributed by atoms with E-state index in [0.717, 1.165) is 28.8 Å². The van der Waals surface area contributed by atoms with E-state index in [4.69, 9.17) is 0 Å². The number of H-pyrrole nitrogens is 1. The molecule has 102 valence electrons. The summed E-state index contributed by atoms with van der Waals surface area (Å²) in [4.78, 5) is 11.8. The fourth-order valence-electron chi connectivity index (χ4n) is 2.56. The monoisotopic (exact) mass is 274 g/mol. The summed E-state index contributed by atoms with van der Waals surface area (Å²) in [6.45, 7) is 0.886. The normalized spacial score (nSPS) is 11.0. The molecule has 0 atom stereocenters. The van der Waals surface area contributed by atoms with Gasteiger partial charge in [0.2, 0.25) is 0 Å². The van der Waals surface area contributed by atoms with Gasteiger partial charge in [0.15, 0.2) is 0 Å². The van der Waals surface area contributed by atoms with Crippen molar-refractivity contribution in [3.63, 3.8) is 0 Å². The molecule has 0 aliphatic rings. The van der Waals surface area contributed by atoms with Crippen LogP contribution in [0, 0.1) is 0 Å². The molecule has 0 fully saturated rings. The summed E-state index contributed by atoms with van der Waals surface area (Å²) in [6, 6.07) is 14.6. The number of fused-ring (bicyclic) bond motifs is 1. The zero-order valence-corrected chi connectivity index (χ0v) is 11.4. The Hall–Kier alpha value is -2.88. The van der Waals surface area contributed by atoms with Gasteiger partial charge in [0.25, 0.3) is 0 Å². The van der Waals surface area contributed by atoms with Crippen LogP contribution in [0.4, 0.5) is 0 Å². The number of rotatable bonds is 3. The van der Waals surface area contributed by atoms with Crippen LogP contribution < -0.4 is 0 Å². The maximum absolute atomic E-state index is 4.42. The van der Waals surface area contributed by atoms with Crippen molar-refractivity contribution in [3.05, 3.63) is 72.9 Å². The van der Waals surface area contributed by atoms with Crippen LogP contribution in [-0.4, -0.2) is 19.5 Å². The zero-order chi connectivity index (χ0) is 14.1. The Labute approximate surface area is 122 Å². The summed E-state index contributed by atoms with van der Waals surface area (Å²) in [5, 5.41) is 1.05. The molecule has 0 saturated carbocycles. The highest BCUT2D eigenvalue weighted by molar-refractivity contribution is 5.90. The molecule has 0 aliphatic carbocycles. The van der Waals surface area contributed by atoms with E-state index in [1.165, 1.54) is 5.56 Å². The van der Waals surface area contributed by atoms with Gasteiger partial charge in [-0.3, -0.25) is 0 Å². The number of nitrogens with zero attached hydrogens (tertiary/aromatic N) is 3. The van der Waals surface area contributed by atoms with Crippen LogP contribution in [0.2, 0.25) is 0 Å². The van der Waals surface area contributed by atoms with Gasteiger partial charge in [0, 0.05) is 36.1 Å². The lowest BCUT2D eigenvalue weighted by molar-refractivity contribution is 0.806. The van der Waals surface area contributed by atoms with Gasteiger partial charge in [-0.15, -0.1) is 0 Å². The molecule has 0 unspecified atom stereocenters. The third-order valence-electron chi connectivity index (χ3n) is 3.61. The highest BCUT2D eigenvalue weighted by Gasteiger charge is 2.06. The first-order valence-corrected chi connectivity index (χ1v) is 6.88. The van der Waals surface area contributed by atoms with Crippen molar-refractivity contribution >= 4 is 11.0 Å². The number of benzene rings is 1. The van der Waals surface area contributed by atoms with Gasteiger partial charge in [-0.25, -0.2) is 9.97 Å². The van der Waals surface area contributed by atoms with Gasteiger partial charge in [0.1, 0.15) is 12.0 Å². The summed E-state index contributed by atoms with van der Waals surface area (Å²) < 4.78 is 2.16. The van der Waals surface area contributed by atoms with E-state index in [1.807, 2.05) is 24.4 Å². The van der Waals surface area contributed by atoms with Crippen molar-refractivity contribution in [1.82, 2.24) is 19.5 Å². The van der Waals surface area contributed by atoms with E-state index in [0.29, 0.717) is 0 Å². The topological polar surface area (TPSA) is 46.5 Å². The Balaban J connectivity index is 1.68. The fraction of sp³-hybridized carbons (Fsp3) is 0.0588. The van der Waals surface area contributed by atoms with E-state index < -0.39 is 0 Å². The van der Waals surface area contributed by atoms with E-state index in [1.54, 1.807) is 6.33 Å². The summed E-state index contributed by atoms with van der Waals surface area (Å²) in [5.41, 5.74) is 4.22. The molecular weight excluding hydrogens is 260 g/mol. The van der Waals surface area contributed by atoms with Crippen molar-refractivity contribution in [1.29, 1.82) is 0 Å². The molecule has 0 bridgehead atoms. The zero-order valence-electron chi connectivity index (χ0n) is 11.4. The highest BCUT2D eigenvalue weighted by atomic mass is 14.9. The molecule has 1 N–H and O–H groups in total. The van der Waals surface area contributed by atoms with E-state index in [9.17, 15) is 0 Å². The molecule has 4 nitrogen and oxygen atoms in total. The fourth-order valence-corrected chi connectivity index (χ4v) is 2.56. The summed E-state index contributed by atoms with van der Waals surface area (Å²) in [6.07, 6.45) is 7.63. The van der Waals surface area contributed by atoms with E-state index in [2.05, 4.69) is 56.2 Å². The minimum atomic E-state index is 0.872. The molecule has 0 aliphatic heterocycles. The molecule has 0 spiro atoms. The van der Waals surface area contributed by atoms with Crippen molar-refractivity contribution in [2.75, 3.05) is 0 Å². The van der Waals surface area contributed by atoms with Crippen LogP contribution >= 0.6 is 0 Å². The molecule has 4 heteroatoms. The van der Waals surface area contributed by atoms with Gasteiger partial charge in [-0.05, 0) is 23.8 Å². The first kappa shape index (κ1) is 11.9. The Kier molecular flexibility index (Phi) is 2.78. The molecular formula is C17H14N4. The van der Waals surface area contributed by atoms with Crippen LogP contribution in [-0.2, 0) is 6.54 Å². The molecule has 4 aromatic rings. The molecule has 21 heavy (non-hydrogen) atoms. The lowest BCUT2D eigenvalue weighted by atomic mass is 10.1. The molecule has 4 rings (SSSR count). The standard InChI is InChI=1S/C17H14N4/c1-2-10-21(9-1)11-13-3-5-14(6-4-13)16-15-7-8-18-17(15)20-12-19-16/h1-10,12H,11H2,(H,18,19,20). The lowest BCUT2D eigenvalue weighted by Gasteiger charge is -2.06. The van der Waals surface area contributed by atoms with Crippen molar-refractivity contribution in [2.24, 2.45) is 0 Å². The van der Waals surface area contributed by atoms with E-state index in [-0.39, 0.29) is 0 Å². The third-order valence-corrected chi connectivity index (χ3v) is 3.61. The van der Waals surface area contributed by atoms with Crippen LogP contribution in [0.25, 0.3) is 22.3 Å². The van der Waals surface area contributed by atoms with Gasteiger partial charge >= 0.3 is 0 Å². The Bertz CT molecular complexity index is 857. The molecule has 3 aromatic heterocycles. The number of aromatic nitrogens is 4. The van der Waals surface area contributed by atoms with Crippen LogP contribution in [0.5, 0.6) is 0 Å². The number of aromatic amines is 1. The van der Waals surface area contributed by atoms with Crippen LogP contribution in [0.1, 0.15) is 5.56 Å². The molecule has 1 aromatic carbocycles. The first-order valence-electron chi connectivity index (χ1n) is 6.88. The largest absolute Gasteiger partial charge is 0.350 e. The number of hydrogen-bond acceptors (Lipinski definition) is 2. The minimum Gasteiger partial charge on any atom is -0.350 e. The van der Waals surface area contributed by atoms with Gasteiger partial charge < -0.3 is 9.55 Å². The van der Waals surface area contributed by atoms with Gasteiger partial charge in [0.05, 0.1) is 5.69 Å². The molecule has 0 saturated heterocycles. The second kappa shape index (κ2) is 4.90. The average molecular weight is 274 g/mol. The van der Waals surface area contributed by atoms with Crippen molar-refractivity contribution in [2.45, 2.75) is 6.54 Å². The van der Waals surface area contributed by atoms with Crippen LogP contribution in [0.3, 0.4) is 0 Å². The van der Waals surface area contributed by atoms with Crippen LogP contribution in [0.15, 0.2) is 67.4 Å². The molecule has 3 heterocycles. The SMILES string of the molecule is c1ccn(Cc2ccc(-c3ncnc4[nH]ccc34)cc2)c1. The highest BCUT2D eigenvalue weighted by Crippen LogP contribution is 2.24. The van der Waals surface area contributed by atoms with Gasteiger partial charge in [-0.1, -0.05) is 24.3 Å². The van der Waals surface area contributed by atoms with E-state index >= 15 is 0 Å². The second-order valence-corrected chi connectivity index (χ2v) is 5.01. The Morgan fingerprint density at radius 1 is 0.952 bits per heavy atom. The minimum absolute atomic E-state index is 0.872. The maximum Gasteiger partial charge on any atom is 0.141 e. The quantitative estimate of drug-likeness (QED) is 0.621. The first-order chi connectivity index (χ1) is 10.4. The molecule has 0 radical (unpaired) electrons. The molecule has 0 amide bonds. The third kappa shape index (κ3) is 2.21. The average Bonchev–Trinajstić information content (AvgIpc) is 3.18. The van der Waals surface area contributed by atoms with Crippen molar-refractivity contribution < 1.29 is 0 Å². The lowest BCUT2D eigenvalue weighted by Crippen LogP contribution is -1.96. The van der Waals surface area contributed by atoms with Gasteiger partial charge in [-0.2, -0.15) is 0 Å². The second-order valence-electron chi connectivity index (χ2n) is 5.01. The Morgan fingerprint density at radius 3 is 2.57 bits per heavy atom.